The lowest BCUT2D eigenvalue weighted by Crippen LogP contribution is -2.22. The molecule has 1 unspecified atom stereocenters. The van der Waals surface area contributed by atoms with Gasteiger partial charge in [0.05, 0.1) is 5.71 Å². The van der Waals surface area contributed by atoms with Crippen LogP contribution in [0.1, 0.15) is 12.0 Å². The van der Waals surface area contributed by atoms with E-state index in [1.807, 2.05) is 24.4 Å². The average Bonchev–Trinajstić information content (AvgIpc) is 2.30. The van der Waals surface area contributed by atoms with Gasteiger partial charge in [-0.05, 0) is 5.56 Å². The molecule has 0 saturated carbocycles. The number of hydrogen-bond donors (Lipinski definition) is 1. The summed E-state index contributed by atoms with van der Waals surface area (Å²) in [5.41, 5.74) is 7.77. The van der Waals surface area contributed by atoms with Gasteiger partial charge in [0.25, 0.3) is 0 Å². The Kier molecular flexibility index (Phi) is 2.70. The van der Waals surface area contributed by atoms with Gasteiger partial charge in [-0.3, -0.25) is 9.98 Å². The van der Waals surface area contributed by atoms with Gasteiger partial charge in [-0.1, -0.05) is 30.3 Å². The molecule has 0 amide bonds. The molecule has 0 spiro atoms. The molecule has 1 aromatic rings. The first kappa shape index (κ1) is 9.09. The van der Waals surface area contributed by atoms with Gasteiger partial charge in [-0.25, -0.2) is 0 Å². The van der Waals surface area contributed by atoms with Crippen molar-refractivity contribution in [1.82, 2.24) is 0 Å². The molecule has 1 aliphatic rings. The molecule has 0 aliphatic carbocycles. The summed E-state index contributed by atoms with van der Waals surface area (Å²) < 4.78 is 0. The quantitative estimate of drug-likeness (QED) is 0.744. The molecule has 72 valence electrons. The van der Waals surface area contributed by atoms with E-state index in [4.69, 9.17) is 5.73 Å². The first-order chi connectivity index (χ1) is 6.90. The molecule has 2 rings (SSSR count). The van der Waals surface area contributed by atoms with Crippen LogP contribution in [-0.2, 0) is 0 Å². The van der Waals surface area contributed by atoms with E-state index in [0.717, 1.165) is 17.7 Å². The van der Waals surface area contributed by atoms with Crippen LogP contribution in [-0.4, -0.2) is 24.6 Å². The van der Waals surface area contributed by atoms with E-state index in [0.29, 0.717) is 6.54 Å². The van der Waals surface area contributed by atoms with Crippen molar-refractivity contribution < 1.29 is 0 Å². The Labute approximate surface area is 83.4 Å². The monoisotopic (exact) mass is 187 g/mol. The number of hydrogen-bond acceptors (Lipinski definition) is 3. The number of rotatable bonds is 2. The zero-order chi connectivity index (χ0) is 9.80. The molecular formula is C11H13N3. The summed E-state index contributed by atoms with van der Waals surface area (Å²) in [6.45, 7) is 0.479. The van der Waals surface area contributed by atoms with E-state index in [9.17, 15) is 0 Å². The van der Waals surface area contributed by atoms with Gasteiger partial charge in [0.1, 0.15) is 0 Å². The van der Waals surface area contributed by atoms with Gasteiger partial charge in [-0.15, -0.1) is 0 Å². The summed E-state index contributed by atoms with van der Waals surface area (Å²) in [5, 5.41) is 0. The highest BCUT2D eigenvalue weighted by Crippen LogP contribution is 2.09. The second-order valence-corrected chi connectivity index (χ2v) is 3.19. The van der Waals surface area contributed by atoms with Crippen molar-refractivity contribution in [3.05, 3.63) is 35.9 Å². The van der Waals surface area contributed by atoms with E-state index in [1.54, 1.807) is 0 Å². The van der Waals surface area contributed by atoms with Crippen LogP contribution in [0.15, 0.2) is 40.3 Å². The fourth-order valence-electron chi connectivity index (χ4n) is 1.46. The third-order valence-electron chi connectivity index (χ3n) is 2.18. The molecule has 0 radical (unpaired) electrons. The first-order valence-corrected chi connectivity index (χ1v) is 4.74. The maximum atomic E-state index is 5.52. The molecule has 0 fully saturated rings. The lowest BCUT2D eigenvalue weighted by atomic mass is 10.1. The third-order valence-corrected chi connectivity index (χ3v) is 2.18. The third kappa shape index (κ3) is 1.88. The average molecular weight is 187 g/mol. The minimum Gasteiger partial charge on any atom is -0.327 e. The van der Waals surface area contributed by atoms with Gasteiger partial charge >= 0.3 is 0 Å². The maximum absolute atomic E-state index is 5.52. The zero-order valence-corrected chi connectivity index (χ0v) is 7.93. The standard InChI is InChI=1S/C11H13N3/c12-8-11-13-7-6-10(14-11)9-4-2-1-3-5-9/h1-5,7,11H,6,8,12H2. The Balaban J connectivity index is 2.24. The van der Waals surface area contributed by atoms with Gasteiger partial charge in [0.15, 0.2) is 6.17 Å². The fraction of sp³-hybridized carbons (Fsp3) is 0.273. The summed E-state index contributed by atoms with van der Waals surface area (Å²) in [4.78, 5) is 8.65. The van der Waals surface area contributed by atoms with Gasteiger partial charge in [0, 0.05) is 19.2 Å². The van der Waals surface area contributed by atoms with Gasteiger partial charge in [-0.2, -0.15) is 0 Å². The lowest BCUT2D eigenvalue weighted by molar-refractivity contribution is 0.716. The van der Waals surface area contributed by atoms with Crippen LogP contribution in [0.2, 0.25) is 0 Å². The summed E-state index contributed by atoms with van der Waals surface area (Å²) in [6, 6.07) is 10.2. The molecular weight excluding hydrogens is 174 g/mol. The Morgan fingerprint density at radius 3 is 2.79 bits per heavy atom. The molecule has 1 heterocycles. The summed E-state index contributed by atoms with van der Waals surface area (Å²) >= 11 is 0. The van der Waals surface area contributed by atoms with Crippen LogP contribution in [0.25, 0.3) is 0 Å². The van der Waals surface area contributed by atoms with E-state index in [2.05, 4.69) is 22.1 Å². The summed E-state index contributed by atoms with van der Waals surface area (Å²) in [6.07, 6.45) is 2.62. The van der Waals surface area contributed by atoms with Crippen molar-refractivity contribution in [1.29, 1.82) is 0 Å². The van der Waals surface area contributed by atoms with Crippen molar-refractivity contribution in [3.8, 4) is 0 Å². The molecule has 3 nitrogen and oxygen atoms in total. The van der Waals surface area contributed by atoms with Crippen LogP contribution in [0, 0.1) is 0 Å². The fourth-order valence-corrected chi connectivity index (χ4v) is 1.46. The Hall–Kier alpha value is -1.48. The molecule has 3 heteroatoms. The van der Waals surface area contributed by atoms with Crippen LogP contribution < -0.4 is 5.73 Å². The van der Waals surface area contributed by atoms with Crippen molar-refractivity contribution in [2.45, 2.75) is 12.6 Å². The van der Waals surface area contributed by atoms with E-state index >= 15 is 0 Å². The van der Waals surface area contributed by atoms with Gasteiger partial charge < -0.3 is 5.73 Å². The summed E-state index contributed by atoms with van der Waals surface area (Å²) in [5.74, 6) is 0. The van der Waals surface area contributed by atoms with Crippen LogP contribution in [0.3, 0.4) is 0 Å². The largest absolute Gasteiger partial charge is 0.327 e. The maximum Gasteiger partial charge on any atom is 0.151 e. The van der Waals surface area contributed by atoms with E-state index in [1.165, 1.54) is 0 Å². The van der Waals surface area contributed by atoms with Crippen LogP contribution >= 0.6 is 0 Å². The number of aliphatic imine (C=N–C) groups is 2. The smallest absolute Gasteiger partial charge is 0.151 e. The highest BCUT2D eigenvalue weighted by molar-refractivity contribution is 6.08. The minimum absolute atomic E-state index is 0.0843. The highest BCUT2D eigenvalue weighted by Gasteiger charge is 2.09. The van der Waals surface area contributed by atoms with Crippen molar-refractivity contribution >= 4 is 11.9 Å². The molecule has 0 bridgehead atoms. The second-order valence-electron chi connectivity index (χ2n) is 3.19. The highest BCUT2D eigenvalue weighted by atomic mass is 15.0. The normalized spacial score (nSPS) is 20.6. The Morgan fingerprint density at radius 1 is 1.29 bits per heavy atom. The Bertz CT molecular complexity index is 354. The Morgan fingerprint density at radius 2 is 2.07 bits per heavy atom. The molecule has 2 N–H and O–H groups in total. The van der Waals surface area contributed by atoms with Crippen LogP contribution in [0.5, 0.6) is 0 Å². The molecule has 1 aliphatic heterocycles. The second kappa shape index (κ2) is 4.15. The van der Waals surface area contributed by atoms with Gasteiger partial charge in [0.2, 0.25) is 0 Å². The first-order valence-electron chi connectivity index (χ1n) is 4.74. The number of nitrogens with two attached hydrogens (primary N) is 1. The molecule has 1 aromatic carbocycles. The predicted octanol–water partition coefficient (Wildman–Crippen LogP) is 1.23. The van der Waals surface area contributed by atoms with E-state index < -0.39 is 0 Å². The van der Waals surface area contributed by atoms with Crippen LogP contribution in [0.4, 0.5) is 0 Å². The number of nitrogens with zero attached hydrogens (tertiary/aromatic N) is 2. The molecule has 1 atom stereocenters. The number of benzene rings is 1. The molecule has 14 heavy (non-hydrogen) atoms. The molecule has 0 saturated heterocycles. The van der Waals surface area contributed by atoms with Crippen molar-refractivity contribution in [2.75, 3.05) is 6.54 Å². The SMILES string of the molecule is NCC1N=CCC(c2ccccc2)=N1. The van der Waals surface area contributed by atoms with Crippen molar-refractivity contribution in [2.24, 2.45) is 15.7 Å². The molecule has 0 aromatic heterocycles. The van der Waals surface area contributed by atoms with Crippen molar-refractivity contribution in [3.63, 3.8) is 0 Å². The van der Waals surface area contributed by atoms with E-state index in [-0.39, 0.29) is 6.17 Å². The summed E-state index contributed by atoms with van der Waals surface area (Å²) in [7, 11) is 0. The minimum atomic E-state index is -0.0843. The topological polar surface area (TPSA) is 50.7 Å². The lowest BCUT2D eigenvalue weighted by Gasteiger charge is -2.13. The predicted molar refractivity (Wildman–Crippen MR) is 58.9 cm³/mol. The zero-order valence-electron chi connectivity index (χ0n) is 7.93.